The summed E-state index contributed by atoms with van der Waals surface area (Å²) < 4.78 is 7.72. The van der Waals surface area contributed by atoms with Gasteiger partial charge in [-0.25, -0.2) is 0 Å². The maximum atomic E-state index is 10.4. The van der Waals surface area contributed by atoms with Crippen LogP contribution in [0.4, 0.5) is 0 Å². The number of aliphatic carboxylic acids is 1. The van der Waals surface area contributed by atoms with Gasteiger partial charge in [0.2, 0.25) is 0 Å². The Morgan fingerprint density at radius 1 is 1.00 bits per heavy atom. The number of carbonyl (C=O) groups is 1. The second-order valence-electron chi connectivity index (χ2n) is 3.53. The van der Waals surface area contributed by atoms with Gasteiger partial charge in [0, 0.05) is 0 Å². The molecule has 94 valence electrons. The molecule has 2 rings (SSSR count). The number of hydrogen-bond donors (Lipinski definition) is 1. The molecular formula is C14H12IO3-. The van der Waals surface area contributed by atoms with E-state index in [1.807, 2.05) is 42.5 Å². The number of carboxylic acids is 1. The van der Waals surface area contributed by atoms with E-state index >= 15 is 0 Å². The molecular weight excluding hydrogens is 343 g/mol. The Bertz CT molecular complexity index is 508. The Morgan fingerprint density at radius 2 is 1.61 bits per heavy atom. The molecule has 2 aromatic rings. The number of hydrogen-bond acceptors (Lipinski definition) is 2. The number of ether oxygens (including phenoxy) is 1. The standard InChI is InChI=1S/C14H12IO3/c16-14(17)10-18-13-8-6-12(7-9-13)15-11-4-2-1-3-5-11/h1-9H,10H2,(H,16,17)/q-1. The monoisotopic (exact) mass is 355 g/mol. The molecule has 0 unspecified atom stereocenters. The second-order valence-corrected chi connectivity index (χ2v) is 6.56. The van der Waals surface area contributed by atoms with Crippen molar-refractivity contribution in [2.45, 2.75) is 0 Å². The molecule has 0 atom stereocenters. The summed E-state index contributed by atoms with van der Waals surface area (Å²) in [5.41, 5.74) is 0. The van der Waals surface area contributed by atoms with Crippen molar-refractivity contribution in [1.29, 1.82) is 0 Å². The Hall–Kier alpha value is -1.56. The molecule has 4 heteroatoms. The maximum absolute atomic E-state index is 10.4. The molecule has 0 saturated carbocycles. The summed E-state index contributed by atoms with van der Waals surface area (Å²) in [5, 5.41) is 8.50. The van der Waals surface area contributed by atoms with Crippen LogP contribution in [0, 0.1) is 7.14 Å². The van der Waals surface area contributed by atoms with Crippen LogP contribution in [0.5, 0.6) is 5.75 Å². The van der Waals surface area contributed by atoms with Crippen LogP contribution >= 0.6 is 0 Å². The van der Waals surface area contributed by atoms with Crippen molar-refractivity contribution < 1.29 is 35.8 Å². The fourth-order valence-corrected chi connectivity index (χ4v) is 3.56. The van der Waals surface area contributed by atoms with E-state index in [2.05, 4.69) is 12.1 Å². The first-order chi connectivity index (χ1) is 8.74. The van der Waals surface area contributed by atoms with Crippen molar-refractivity contribution >= 4 is 5.97 Å². The molecule has 3 nitrogen and oxygen atoms in total. The predicted molar refractivity (Wildman–Crippen MR) is 63.4 cm³/mol. The van der Waals surface area contributed by atoms with Gasteiger partial charge in [-0.05, 0) is 0 Å². The summed E-state index contributed by atoms with van der Waals surface area (Å²) in [6.45, 7) is -0.299. The zero-order chi connectivity index (χ0) is 12.8. The van der Waals surface area contributed by atoms with Crippen molar-refractivity contribution in [1.82, 2.24) is 0 Å². The molecule has 0 spiro atoms. The number of carboxylic acid groups (broad SMARTS) is 1. The van der Waals surface area contributed by atoms with Crippen LogP contribution in [-0.4, -0.2) is 17.7 Å². The molecule has 18 heavy (non-hydrogen) atoms. The molecule has 0 saturated heterocycles. The SMILES string of the molecule is O=C(O)COc1ccc([I-]c2ccccc2)cc1. The van der Waals surface area contributed by atoms with E-state index in [1.165, 1.54) is 7.14 Å². The Labute approximate surface area is 116 Å². The summed E-state index contributed by atoms with van der Waals surface area (Å²) in [6.07, 6.45) is 0. The third kappa shape index (κ3) is 4.03. The van der Waals surface area contributed by atoms with E-state index in [0.29, 0.717) is 5.75 Å². The van der Waals surface area contributed by atoms with E-state index in [9.17, 15) is 4.79 Å². The van der Waals surface area contributed by atoms with Gasteiger partial charge in [-0.2, -0.15) is 0 Å². The first kappa shape index (κ1) is 12.9. The van der Waals surface area contributed by atoms with Crippen LogP contribution < -0.4 is 25.9 Å². The van der Waals surface area contributed by atoms with Gasteiger partial charge in [0.05, 0.1) is 0 Å². The Morgan fingerprint density at radius 3 is 2.22 bits per heavy atom. The topological polar surface area (TPSA) is 46.5 Å². The van der Waals surface area contributed by atoms with Crippen molar-refractivity contribution in [3.05, 3.63) is 61.7 Å². The van der Waals surface area contributed by atoms with Gasteiger partial charge >= 0.3 is 116 Å². The number of rotatable bonds is 5. The van der Waals surface area contributed by atoms with Gasteiger partial charge in [0.25, 0.3) is 0 Å². The first-order valence-electron chi connectivity index (χ1n) is 5.38. The molecule has 0 radical (unpaired) electrons. The molecule has 0 bridgehead atoms. The molecule has 0 aromatic heterocycles. The van der Waals surface area contributed by atoms with Gasteiger partial charge in [-0.15, -0.1) is 0 Å². The third-order valence-corrected chi connectivity index (χ3v) is 4.81. The van der Waals surface area contributed by atoms with Crippen LogP contribution in [0.15, 0.2) is 54.6 Å². The van der Waals surface area contributed by atoms with Crippen LogP contribution in [-0.2, 0) is 4.79 Å². The van der Waals surface area contributed by atoms with E-state index in [0.717, 1.165) is 0 Å². The van der Waals surface area contributed by atoms with Crippen LogP contribution in [0.25, 0.3) is 0 Å². The first-order valence-corrected chi connectivity index (χ1v) is 7.54. The average molecular weight is 355 g/mol. The number of benzene rings is 2. The molecule has 0 heterocycles. The molecule has 0 aliphatic carbocycles. The summed E-state index contributed by atoms with van der Waals surface area (Å²) in [7, 11) is 0. The molecule has 0 aliphatic rings. The number of halogens is 1. The normalized spacial score (nSPS) is 10.2. The van der Waals surface area contributed by atoms with Crippen LogP contribution in [0.3, 0.4) is 0 Å². The fraction of sp³-hybridized carbons (Fsp3) is 0.0714. The summed E-state index contributed by atoms with van der Waals surface area (Å²) in [4.78, 5) is 10.4. The quantitative estimate of drug-likeness (QED) is 0.721. The van der Waals surface area contributed by atoms with Gasteiger partial charge < -0.3 is 0 Å². The Kier molecular flexibility index (Phi) is 4.58. The molecule has 2 aromatic carbocycles. The van der Waals surface area contributed by atoms with E-state index < -0.39 is 5.97 Å². The van der Waals surface area contributed by atoms with Crippen molar-refractivity contribution in [2.24, 2.45) is 0 Å². The summed E-state index contributed by atoms with van der Waals surface area (Å²) >= 11 is -0.179. The van der Waals surface area contributed by atoms with Crippen molar-refractivity contribution in [3.8, 4) is 5.75 Å². The van der Waals surface area contributed by atoms with E-state index in [1.54, 1.807) is 0 Å². The summed E-state index contributed by atoms with van der Waals surface area (Å²) in [6, 6.07) is 18.0. The fourth-order valence-electron chi connectivity index (χ4n) is 1.34. The minimum absolute atomic E-state index is 0.179. The van der Waals surface area contributed by atoms with Crippen LogP contribution in [0.2, 0.25) is 0 Å². The van der Waals surface area contributed by atoms with Crippen molar-refractivity contribution in [2.75, 3.05) is 6.61 Å². The van der Waals surface area contributed by atoms with Gasteiger partial charge in [0.1, 0.15) is 0 Å². The second kappa shape index (κ2) is 6.39. The van der Waals surface area contributed by atoms with Gasteiger partial charge in [0.15, 0.2) is 0 Å². The van der Waals surface area contributed by atoms with Gasteiger partial charge in [-0.3, -0.25) is 0 Å². The molecule has 0 fully saturated rings. The van der Waals surface area contributed by atoms with E-state index in [-0.39, 0.29) is 27.8 Å². The zero-order valence-corrected chi connectivity index (χ0v) is 11.7. The van der Waals surface area contributed by atoms with Crippen LogP contribution in [0.1, 0.15) is 0 Å². The van der Waals surface area contributed by atoms with Crippen molar-refractivity contribution in [3.63, 3.8) is 0 Å². The average Bonchev–Trinajstić information content (AvgIpc) is 2.39. The molecule has 1 N–H and O–H groups in total. The molecule has 0 amide bonds. The van der Waals surface area contributed by atoms with Gasteiger partial charge in [-0.1, -0.05) is 0 Å². The Balaban J connectivity index is 1.97. The molecule has 0 aliphatic heterocycles. The summed E-state index contributed by atoms with van der Waals surface area (Å²) in [5.74, 6) is -0.367. The minimum atomic E-state index is -0.962. The van der Waals surface area contributed by atoms with E-state index in [4.69, 9.17) is 9.84 Å². The third-order valence-electron chi connectivity index (χ3n) is 2.13. The zero-order valence-electron chi connectivity index (χ0n) is 9.54. The predicted octanol–water partition coefficient (Wildman–Crippen LogP) is -0.722.